The Bertz CT molecular complexity index is 104. The van der Waals surface area contributed by atoms with Gasteiger partial charge >= 0.3 is 0 Å². The minimum atomic E-state index is 0.0417. The Morgan fingerprint density at radius 2 is 2.57 bits per heavy atom. The van der Waals surface area contributed by atoms with Gasteiger partial charge in [0.25, 0.3) is 5.76 Å². The molecule has 0 aromatic rings. The van der Waals surface area contributed by atoms with Crippen LogP contribution in [0.25, 0.3) is 0 Å². The summed E-state index contributed by atoms with van der Waals surface area (Å²) in [5.41, 5.74) is 0. The lowest BCUT2D eigenvalue weighted by Gasteiger charge is -1.77. The summed E-state index contributed by atoms with van der Waals surface area (Å²) in [5, 5.41) is 3.85. The molecule has 7 heavy (non-hydrogen) atoms. The van der Waals surface area contributed by atoms with E-state index in [-0.39, 0.29) is 12.4 Å². The molecule has 0 amide bonds. The largest absolute Gasteiger partial charge is 0.298 e. The van der Waals surface area contributed by atoms with E-state index in [1.807, 2.05) is 0 Å². The quantitative estimate of drug-likeness (QED) is 0.308. The van der Waals surface area contributed by atoms with E-state index in [2.05, 4.69) is 14.8 Å². The van der Waals surface area contributed by atoms with Crippen LogP contribution in [0.1, 0.15) is 0 Å². The van der Waals surface area contributed by atoms with E-state index in [0.717, 1.165) is 0 Å². The summed E-state index contributed by atoms with van der Waals surface area (Å²) in [4.78, 5) is 17.8. The predicted octanol–water partition coefficient (Wildman–Crippen LogP) is -0.405. The van der Waals surface area contributed by atoms with Gasteiger partial charge in [-0.15, -0.1) is 0 Å². The van der Waals surface area contributed by atoms with Gasteiger partial charge in [-0.1, -0.05) is 0 Å². The monoisotopic (exact) mass is 102 g/mol. The molecule has 1 aliphatic heterocycles. The third-order valence-corrected chi connectivity index (χ3v) is 0.487. The Morgan fingerprint density at radius 1 is 1.71 bits per heavy atom. The van der Waals surface area contributed by atoms with Crippen molar-refractivity contribution in [3.63, 3.8) is 0 Å². The molecule has 0 aromatic heterocycles. The summed E-state index contributed by atoms with van der Waals surface area (Å²) in [6.45, 7) is 0.0590. The van der Waals surface area contributed by atoms with E-state index in [9.17, 15) is 4.79 Å². The van der Waals surface area contributed by atoms with Crippen molar-refractivity contribution in [3.8, 4) is 0 Å². The molecule has 4 heteroatoms. The minimum absolute atomic E-state index is 0.0417. The van der Waals surface area contributed by atoms with Crippen LogP contribution in [-0.2, 0) is 19.6 Å². The fraction of sp³-hybridized carbons (Fsp3) is 0.333. The molecule has 0 N–H and O–H groups in total. The van der Waals surface area contributed by atoms with Crippen LogP contribution in [0.15, 0.2) is 5.76 Å². The molecule has 0 aliphatic carbocycles. The molecule has 38 valence electrons. The van der Waals surface area contributed by atoms with Crippen molar-refractivity contribution in [1.82, 2.24) is 0 Å². The third-order valence-electron chi connectivity index (χ3n) is 0.487. The molecule has 1 aliphatic rings. The van der Waals surface area contributed by atoms with Gasteiger partial charge in [0.1, 0.15) is 0 Å². The van der Waals surface area contributed by atoms with E-state index in [4.69, 9.17) is 0 Å². The van der Waals surface area contributed by atoms with Crippen LogP contribution in [0.5, 0.6) is 0 Å². The predicted molar refractivity (Wildman–Crippen MR) is 17.3 cm³/mol. The molecule has 1 saturated heterocycles. The molecule has 0 saturated carbocycles. The van der Waals surface area contributed by atoms with Crippen LogP contribution in [0.2, 0.25) is 0 Å². The standard InChI is InChI=1S/C3H2O4/c4-1-3-2-5-7-6-3/h2H2. The molecule has 0 radical (unpaired) electrons. The first-order valence-corrected chi connectivity index (χ1v) is 1.63. The fourth-order valence-corrected chi connectivity index (χ4v) is 0.213. The number of rotatable bonds is 0. The Kier molecular flexibility index (Phi) is 1.08. The summed E-state index contributed by atoms with van der Waals surface area (Å²) >= 11 is 0. The van der Waals surface area contributed by atoms with Crippen molar-refractivity contribution in [2.24, 2.45) is 0 Å². The summed E-state index contributed by atoms with van der Waals surface area (Å²) in [7, 11) is 0. The van der Waals surface area contributed by atoms with E-state index < -0.39 is 0 Å². The van der Waals surface area contributed by atoms with Crippen molar-refractivity contribution in [3.05, 3.63) is 5.76 Å². The summed E-state index contributed by atoms with van der Waals surface area (Å²) in [6, 6.07) is 0. The maximum Gasteiger partial charge on any atom is 0.257 e. The smallest absolute Gasteiger partial charge is 0.257 e. The molecule has 0 spiro atoms. The second-order valence-corrected chi connectivity index (χ2v) is 0.939. The number of hydrogen-bond acceptors (Lipinski definition) is 4. The number of hydrogen-bond donors (Lipinski definition) is 0. The molecule has 0 bridgehead atoms. The van der Waals surface area contributed by atoms with Crippen LogP contribution in [0.3, 0.4) is 0 Å². The lowest BCUT2D eigenvalue weighted by atomic mass is 10.6. The summed E-state index contributed by atoms with van der Waals surface area (Å²) in [5.74, 6) is 1.50. The second-order valence-electron chi connectivity index (χ2n) is 0.939. The van der Waals surface area contributed by atoms with Crippen molar-refractivity contribution in [2.75, 3.05) is 6.61 Å². The maximum atomic E-state index is 9.56. The van der Waals surface area contributed by atoms with Crippen LogP contribution in [-0.4, -0.2) is 12.5 Å². The minimum Gasteiger partial charge on any atom is -0.298 e. The fourth-order valence-electron chi connectivity index (χ4n) is 0.213. The van der Waals surface area contributed by atoms with E-state index in [0.29, 0.717) is 0 Å². The lowest BCUT2D eigenvalue weighted by Crippen LogP contribution is -1.80. The van der Waals surface area contributed by atoms with Gasteiger partial charge in [0.2, 0.25) is 0 Å². The van der Waals surface area contributed by atoms with Crippen molar-refractivity contribution in [1.29, 1.82) is 0 Å². The molecule has 1 heterocycles. The first-order valence-electron chi connectivity index (χ1n) is 1.63. The molecule has 4 nitrogen and oxygen atoms in total. The lowest BCUT2D eigenvalue weighted by molar-refractivity contribution is -0.445. The van der Waals surface area contributed by atoms with Gasteiger partial charge in [-0.25, -0.2) is 4.79 Å². The molecule has 0 unspecified atom stereocenters. The van der Waals surface area contributed by atoms with E-state index >= 15 is 0 Å². The van der Waals surface area contributed by atoms with Crippen LogP contribution >= 0.6 is 0 Å². The summed E-state index contributed by atoms with van der Waals surface area (Å²) in [6.07, 6.45) is 0. The Labute approximate surface area is 39.1 Å². The van der Waals surface area contributed by atoms with E-state index in [1.54, 1.807) is 0 Å². The SMILES string of the molecule is O=C=C1COOO1. The van der Waals surface area contributed by atoms with Crippen molar-refractivity contribution < 1.29 is 19.6 Å². The first kappa shape index (κ1) is 4.33. The van der Waals surface area contributed by atoms with Crippen LogP contribution in [0.4, 0.5) is 0 Å². The van der Waals surface area contributed by atoms with Gasteiger partial charge in [0.15, 0.2) is 12.5 Å². The van der Waals surface area contributed by atoms with Crippen molar-refractivity contribution in [2.45, 2.75) is 0 Å². The molecule has 0 aromatic carbocycles. The van der Waals surface area contributed by atoms with Gasteiger partial charge in [-0.05, 0) is 5.04 Å². The zero-order chi connectivity index (χ0) is 5.11. The van der Waals surface area contributed by atoms with Crippen molar-refractivity contribution >= 4 is 5.94 Å². The highest BCUT2D eigenvalue weighted by atomic mass is 17.5. The molecule has 0 atom stereocenters. The zero-order valence-electron chi connectivity index (χ0n) is 3.34. The highest BCUT2D eigenvalue weighted by Gasteiger charge is 2.09. The Hall–Kier alpha value is -0.830. The van der Waals surface area contributed by atoms with Gasteiger partial charge in [-0.2, -0.15) is 4.89 Å². The van der Waals surface area contributed by atoms with Gasteiger partial charge in [-0.3, -0.25) is 4.89 Å². The third kappa shape index (κ3) is 0.778. The maximum absolute atomic E-state index is 9.56. The Morgan fingerprint density at radius 3 is 2.86 bits per heavy atom. The van der Waals surface area contributed by atoms with Gasteiger partial charge < -0.3 is 0 Å². The molecule has 1 fully saturated rings. The first-order chi connectivity index (χ1) is 3.43. The summed E-state index contributed by atoms with van der Waals surface area (Å²) < 4.78 is 0. The molecular weight excluding hydrogens is 100 g/mol. The topological polar surface area (TPSA) is 44.8 Å². The Balaban J connectivity index is 2.57. The van der Waals surface area contributed by atoms with Crippen LogP contribution < -0.4 is 0 Å². The number of carbonyl (C=O) groups excluding carboxylic acids is 1. The van der Waals surface area contributed by atoms with Gasteiger partial charge in [0.05, 0.1) is 0 Å². The average Bonchev–Trinajstić information content (AvgIpc) is 2.14. The highest BCUT2D eigenvalue weighted by molar-refractivity contribution is 5.49. The normalized spacial score (nSPS) is 18.6. The van der Waals surface area contributed by atoms with Gasteiger partial charge in [0, 0.05) is 0 Å². The highest BCUT2D eigenvalue weighted by Crippen LogP contribution is 2.02. The molecular formula is C3H2O4. The van der Waals surface area contributed by atoms with Crippen LogP contribution in [0, 0.1) is 0 Å². The molecule has 1 rings (SSSR count). The van der Waals surface area contributed by atoms with E-state index in [1.165, 1.54) is 5.94 Å². The second kappa shape index (κ2) is 1.75. The average molecular weight is 102 g/mol. The zero-order valence-corrected chi connectivity index (χ0v) is 3.34.